The lowest BCUT2D eigenvalue weighted by Crippen LogP contribution is -2.44. The van der Waals surface area contributed by atoms with Crippen molar-refractivity contribution in [1.82, 2.24) is 10.2 Å². The lowest BCUT2D eigenvalue weighted by atomic mass is 9.98. The fourth-order valence-electron chi connectivity index (χ4n) is 2.85. The van der Waals surface area contributed by atoms with E-state index in [9.17, 15) is 4.79 Å². The zero-order chi connectivity index (χ0) is 12.1. The molecule has 0 radical (unpaired) electrons. The lowest BCUT2D eigenvalue weighted by Gasteiger charge is -2.21. The van der Waals surface area contributed by atoms with Crippen LogP contribution in [0.1, 0.15) is 45.4 Å². The standard InChI is InChI=1S/C13H24N2O2/c1-2-9-17-10-5-8-15-11-14-13(12(15)16)6-3-4-7-13/h14H,2-11H2,1H3. The number of ether oxygens (including phenoxy) is 1. The van der Waals surface area contributed by atoms with Crippen LogP contribution in [0.3, 0.4) is 0 Å². The number of nitrogens with zero attached hydrogens (tertiary/aromatic N) is 1. The Balaban J connectivity index is 1.71. The molecule has 17 heavy (non-hydrogen) atoms. The number of nitrogens with one attached hydrogen (secondary N) is 1. The van der Waals surface area contributed by atoms with Gasteiger partial charge in [0.25, 0.3) is 0 Å². The molecule has 1 saturated heterocycles. The normalized spacial score (nSPS) is 22.9. The van der Waals surface area contributed by atoms with Gasteiger partial charge in [0.1, 0.15) is 0 Å². The van der Waals surface area contributed by atoms with Gasteiger partial charge in [0.05, 0.1) is 12.2 Å². The summed E-state index contributed by atoms with van der Waals surface area (Å²) in [6.45, 7) is 5.27. The molecule has 4 nitrogen and oxygen atoms in total. The average Bonchev–Trinajstić information content (AvgIpc) is 2.92. The second-order valence-corrected chi connectivity index (χ2v) is 5.16. The molecular formula is C13H24N2O2. The SMILES string of the molecule is CCCOCCCN1CNC2(CCCC2)C1=O. The summed E-state index contributed by atoms with van der Waals surface area (Å²) in [6, 6.07) is 0. The molecule has 1 amide bonds. The molecule has 2 fully saturated rings. The maximum atomic E-state index is 12.3. The predicted octanol–water partition coefficient (Wildman–Crippen LogP) is 1.51. The molecule has 1 saturated carbocycles. The van der Waals surface area contributed by atoms with E-state index in [1.165, 1.54) is 12.8 Å². The van der Waals surface area contributed by atoms with Gasteiger partial charge in [-0.2, -0.15) is 0 Å². The number of carbonyl (C=O) groups excluding carboxylic acids is 1. The first-order valence-electron chi connectivity index (χ1n) is 6.91. The highest BCUT2D eigenvalue weighted by atomic mass is 16.5. The van der Waals surface area contributed by atoms with Crippen molar-refractivity contribution in [3.8, 4) is 0 Å². The Kier molecular flexibility index (Phi) is 4.40. The maximum Gasteiger partial charge on any atom is 0.243 e. The van der Waals surface area contributed by atoms with Crippen LogP contribution in [-0.4, -0.2) is 42.8 Å². The molecule has 4 heteroatoms. The summed E-state index contributed by atoms with van der Waals surface area (Å²) in [7, 11) is 0. The van der Waals surface area contributed by atoms with Crippen LogP contribution in [0.4, 0.5) is 0 Å². The third kappa shape index (κ3) is 2.80. The molecule has 1 N–H and O–H groups in total. The molecule has 0 aromatic rings. The summed E-state index contributed by atoms with van der Waals surface area (Å²) in [6.07, 6.45) is 6.43. The number of amides is 1. The van der Waals surface area contributed by atoms with Gasteiger partial charge < -0.3 is 9.64 Å². The van der Waals surface area contributed by atoms with E-state index in [1.54, 1.807) is 0 Å². The molecule has 0 bridgehead atoms. The molecule has 0 atom stereocenters. The molecule has 1 aliphatic heterocycles. The van der Waals surface area contributed by atoms with Gasteiger partial charge in [0.15, 0.2) is 0 Å². The first-order valence-corrected chi connectivity index (χ1v) is 6.91. The van der Waals surface area contributed by atoms with Crippen molar-refractivity contribution >= 4 is 5.91 Å². The van der Waals surface area contributed by atoms with E-state index in [1.807, 2.05) is 4.90 Å². The predicted molar refractivity (Wildman–Crippen MR) is 66.6 cm³/mol. The number of carbonyl (C=O) groups is 1. The number of hydrogen-bond acceptors (Lipinski definition) is 3. The monoisotopic (exact) mass is 240 g/mol. The van der Waals surface area contributed by atoms with Gasteiger partial charge in [-0.25, -0.2) is 0 Å². The van der Waals surface area contributed by atoms with Gasteiger partial charge >= 0.3 is 0 Å². The summed E-state index contributed by atoms with van der Waals surface area (Å²) < 4.78 is 5.44. The summed E-state index contributed by atoms with van der Waals surface area (Å²) >= 11 is 0. The van der Waals surface area contributed by atoms with Gasteiger partial charge in [0, 0.05) is 19.8 Å². The van der Waals surface area contributed by atoms with E-state index in [0.29, 0.717) is 5.91 Å². The van der Waals surface area contributed by atoms with E-state index in [0.717, 1.165) is 52.1 Å². The van der Waals surface area contributed by atoms with E-state index in [4.69, 9.17) is 4.74 Å². The highest BCUT2D eigenvalue weighted by Crippen LogP contribution is 2.34. The molecule has 0 aromatic heterocycles. The van der Waals surface area contributed by atoms with Gasteiger partial charge in [0.2, 0.25) is 5.91 Å². The van der Waals surface area contributed by atoms with E-state index in [2.05, 4.69) is 12.2 Å². The number of hydrogen-bond donors (Lipinski definition) is 1. The van der Waals surface area contributed by atoms with Crippen LogP contribution < -0.4 is 5.32 Å². The Bertz CT molecular complexity index is 262. The molecule has 1 heterocycles. The van der Waals surface area contributed by atoms with Gasteiger partial charge in [-0.3, -0.25) is 10.1 Å². The van der Waals surface area contributed by atoms with Gasteiger partial charge in [-0.05, 0) is 25.7 Å². The molecule has 2 aliphatic rings. The topological polar surface area (TPSA) is 41.6 Å². The summed E-state index contributed by atoms with van der Waals surface area (Å²) in [4.78, 5) is 14.2. The fourth-order valence-corrected chi connectivity index (χ4v) is 2.85. The van der Waals surface area contributed by atoms with E-state index < -0.39 is 0 Å². The molecule has 0 unspecified atom stereocenters. The van der Waals surface area contributed by atoms with Crippen LogP contribution >= 0.6 is 0 Å². The average molecular weight is 240 g/mol. The Morgan fingerprint density at radius 3 is 2.82 bits per heavy atom. The summed E-state index contributed by atoms with van der Waals surface area (Å²) in [5, 5.41) is 3.42. The first kappa shape index (κ1) is 12.8. The maximum absolute atomic E-state index is 12.3. The van der Waals surface area contributed by atoms with Crippen molar-refractivity contribution in [2.45, 2.75) is 51.0 Å². The minimum Gasteiger partial charge on any atom is -0.381 e. The quantitative estimate of drug-likeness (QED) is 0.715. The molecular weight excluding hydrogens is 216 g/mol. The third-order valence-electron chi connectivity index (χ3n) is 3.83. The molecule has 1 spiro atoms. The number of rotatable bonds is 6. The second-order valence-electron chi connectivity index (χ2n) is 5.16. The van der Waals surface area contributed by atoms with Crippen LogP contribution in [0, 0.1) is 0 Å². The van der Waals surface area contributed by atoms with Gasteiger partial charge in [-0.1, -0.05) is 19.8 Å². The van der Waals surface area contributed by atoms with E-state index >= 15 is 0 Å². The first-order chi connectivity index (χ1) is 8.28. The van der Waals surface area contributed by atoms with Crippen molar-refractivity contribution in [1.29, 1.82) is 0 Å². The third-order valence-corrected chi connectivity index (χ3v) is 3.83. The molecule has 2 rings (SSSR count). The Morgan fingerprint density at radius 2 is 2.12 bits per heavy atom. The minimum atomic E-state index is -0.190. The Hall–Kier alpha value is -0.610. The lowest BCUT2D eigenvalue weighted by molar-refractivity contribution is -0.132. The van der Waals surface area contributed by atoms with Crippen molar-refractivity contribution in [3.63, 3.8) is 0 Å². The molecule has 98 valence electrons. The summed E-state index contributed by atoms with van der Waals surface area (Å²) in [5.74, 6) is 0.325. The highest BCUT2D eigenvalue weighted by molar-refractivity contribution is 5.88. The van der Waals surface area contributed by atoms with Crippen LogP contribution in [0.2, 0.25) is 0 Å². The molecule has 1 aliphatic carbocycles. The minimum absolute atomic E-state index is 0.190. The van der Waals surface area contributed by atoms with Crippen LogP contribution in [-0.2, 0) is 9.53 Å². The van der Waals surface area contributed by atoms with Crippen LogP contribution in [0.25, 0.3) is 0 Å². The van der Waals surface area contributed by atoms with Crippen molar-refractivity contribution in [2.75, 3.05) is 26.4 Å². The van der Waals surface area contributed by atoms with Crippen molar-refractivity contribution in [3.05, 3.63) is 0 Å². The van der Waals surface area contributed by atoms with E-state index in [-0.39, 0.29) is 5.54 Å². The van der Waals surface area contributed by atoms with Crippen molar-refractivity contribution in [2.24, 2.45) is 0 Å². The largest absolute Gasteiger partial charge is 0.381 e. The zero-order valence-corrected chi connectivity index (χ0v) is 10.8. The second kappa shape index (κ2) is 5.83. The van der Waals surface area contributed by atoms with Crippen molar-refractivity contribution < 1.29 is 9.53 Å². The molecule has 0 aromatic carbocycles. The Labute approximate surface area is 104 Å². The highest BCUT2D eigenvalue weighted by Gasteiger charge is 2.47. The van der Waals surface area contributed by atoms with Gasteiger partial charge in [-0.15, -0.1) is 0 Å². The smallest absolute Gasteiger partial charge is 0.243 e. The summed E-state index contributed by atoms with van der Waals surface area (Å²) in [5.41, 5.74) is -0.190. The van der Waals surface area contributed by atoms with Crippen LogP contribution in [0.5, 0.6) is 0 Å². The Morgan fingerprint density at radius 1 is 1.35 bits per heavy atom. The fraction of sp³-hybridized carbons (Fsp3) is 0.923. The zero-order valence-electron chi connectivity index (χ0n) is 10.8. The van der Waals surface area contributed by atoms with Crippen LogP contribution in [0.15, 0.2) is 0 Å².